The minimum Gasteiger partial charge on any atom is -0.265 e. The molecule has 1 aromatic heterocycles. The second kappa shape index (κ2) is 6.44. The summed E-state index contributed by atoms with van der Waals surface area (Å²) in [6.07, 6.45) is 3.51. The van der Waals surface area contributed by atoms with Crippen molar-refractivity contribution in [3.05, 3.63) is 51.4 Å². The van der Waals surface area contributed by atoms with Crippen molar-refractivity contribution in [1.29, 1.82) is 0 Å². The summed E-state index contributed by atoms with van der Waals surface area (Å²) in [6.45, 7) is 7.83. The fraction of sp³-hybridized carbons (Fsp3) is 0.375. The van der Waals surface area contributed by atoms with Crippen molar-refractivity contribution in [3.8, 4) is 0 Å². The lowest BCUT2D eigenvalue weighted by Gasteiger charge is -2.16. The second-order valence-corrected chi connectivity index (χ2v) is 6.83. The molecule has 0 radical (unpaired) electrons. The van der Waals surface area contributed by atoms with E-state index in [2.05, 4.69) is 15.3 Å². The molecule has 22 heavy (non-hydrogen) atoms. The predicted octanol–water partition coefficient (Wildman–Crippen LogP) is 2.85. The van der Waals surface area contributed by atoms with Crippen LogP contribution in [0.15, 0.2) is 39.3 Å². The van der Waals surface area contributed by atoms with Crippen LogP contribution in [0.25, 0.3) is 0 Å². The first kappa shape index (κ1) is 16.4. The summed E-state index contributed by atoms with van der Waals surface area (Å²) in [4.78, 5) is 12.6. The Morgan fingerprint density at radius 1 is 1.18 bits per heavy atom. The van der Waals surface area contributed by atoms with Crippen molar-refractivity contribution in [3.63, 3.8) is 0 Å². The molecule has 1 heterocycles. The smallest absolute Gasteiger partial charge is 0.265 e. The Hall–Kier alpha value is -1.95. The molecular weight excluding hydrogens is 296 g/mol. The zero-order valence-corrected chi connectivity index (χ0v) is 14.3. The molecule has 6 heteroatoms. The minimum atomic E-state index is -0.373. The summed E-state index contributed by atoms with van der Waals surface area (Å²) >= 11 is 1.34. The SMILES string of the molecule is CSc1nnc(C(C)(C)C)c(=O)n1/N=C\c1ccc(C)cc1. The van der Waals surface area contributed by atoms with Gasteiger partial charge in [-0.2, -0.15) is 9.78 Å². The van der Waals surface area contributed by atoms with Gasteiger partial charge in [0.05, 0.1) is 6.21 Å². The molecule has 0 N–H and O–H groups in total. The van der Waals surface area contributed by atoms with Gasteiger partial charge in [0.25, 0.3) is 5.56 Å². The van der Waals surface area contributed by atoms with Crippen LogP contribution in [0.3, 0.4) is 0 Å². The van der Waals surface area contributed by atoms with Crippen LogP contribution >= 0.6 is 11.8 Å². The molecule has 2 rings (SSSR count). The van der Waals surface area contributed by atoms with Crippen LogP contribution in [0.2, 0.25) is 0 Å². The van der Waals surface area contributed by atoms with E-state index in [1.165, 1.54) is 22.0 Å². The Labute approximate surface area is 134 Å². The van der Waals surface area contributed by atoms with Gasteiger partial charge in [-0.3, -0.25) is 4.79 Å². The van der Waals surface area contributed by atoms with Gasteiger partial charge in [-0.25, -0.2) is 0 Å². The molecule has 0 unspecified atom stereocenters. The molecule has 5 nitrogen and oxygen atoms in total. The van der Waals surface area contributed by atoms with Crippen molar-refractivity contribution in [2.75, 3.05) is 6.26 Å². The molecule has 0 fully saturated rings. The highest BCUT2D eigenvalue weighted by Gasteiger charge is 2.23. The maximum atomic E-state index is 12.6. The highest BCUT2D eigenvalue weighted by Crippen LogP contribution is 2.17. The maximum absolute atomic E-state index is 12.6. The topological polar surface area (TPSA) is 60.1 Å². The van der Waals surface area contributed by atoms with Gasteiger partial charge in [0.2, 0.25) is 5.16 Å². The highest BCUT2D eigenvalue weighted by atomic mass is 32.2. The maximum Gasteiger partial charge on any atom is 0.297 e. The summed E-state index contributed by atoms with van der Waals surface area (Å²) in [5.74, 6) is 0. The molecule has 2 aromatic rings. The molecule has 0 amide bonds. The summed E-state index contributed by atoms with van der Waals surface area (Å²) in [5, 5.41) is 13.0. The van der Waals surface area contributed by atoms with Crippen molar-refractivity contribution in [1.82, 2.24) is 14.9 Å². The van der Waals surface area contributed by atoms with Gasteiger partial charge in [-0.15, -0.1) is 10.2 Å². The standard InChI is InChI=1S/C16H20N4OS/c1-11-6-8-12(9-7-11)10-17-20-14(21)13(16(2,3)4)18-19-15(20)22-5/h6-10H,1-5H3/b17-10-. The monoisotopic (exact) mass is 316 g/mol. The van der Waals surface area contributed by atoms with E-state index in [-0.39, 0.29) is 11.0 Å². The van der Waals surface area contributed by atoms with Crippen LogP contribution in [0.1, 0.15) is 37.6 Å². The van der Waals surface area contributed by atoms with Crippen molar-refractivity contribution in [2.45, 2.75) is 38.3 Å². The van der Waals surface area contributed by atoms with Crippen LogP contribution in [0.4, 0.5) is 0 Å². The second-order valence-electron chi connectivity index (χ2n) is 6.06. The fourth-order valence-corrected chi connectivity index (χ4v) is 2.27. The van der Waals surface area contributed by atoms with Gasteiger partial charge < -0.3 is 0 Å². The van der Waals surface area contributed by atoms with E-state index in [9.17, 15) is 4.79 Å². The van der Waals surface area contributed by atoms with Crippen LogP contribution in [-0.4, -0.2) is 27.3 Å². The van der Waals surface area contributed by atoms with Gasteiger partial charge in [-0.1, -0.05) is 62.4 Å². The molecule has 0 saturated carbocycles. The molecule has 0 aliphatic carbocycles. The molecule has 0 aliphatic heterocycles. The fourth-order valence-electron chi connectivity index (χ4n) is 1.84. The number of hydrogen-bond donors (Lipinski definition) is 0. The third kappa shape index (κ3) is 3.62. The molecular formula is C16H20N4OS. The molecule has 1 aromatic carbocycles. The van der Waals surface area contributed by atoms with Crippen LogP contribution in [-0.2, 0) is 5.41 Å². The number of aryl methyl sites for hydroxylation is 1. The average Bonchev–Trinajstić information content (AvgIpc) is 2.46. The van der Waals surface area contributed by atoms with Gasteiger partial charge in [0.15, 0.2) is 0 Å². The quantitative estimate of drug-likeness (QED) is 0.645. The third-order valence-corrected chi connectivity index (χ3v) is 3.72. The molecule has 0 atom stereocenters. The van der Waals surface area contributed by atoms with Crippen molar-refractivity contribution >= 4 is 18.0 Å². The zero-order chi connectivity index (χ0) is 16.3. The lowest BCUT2D eigenvalue weighted by Crippen LogP contribution is -2.32. The Balaban J connectivity index is 2.49. The largest absolute Gasteiger partial charge is 0.297 e. The average molecular weight is 316 g/mol. The summed E-state index contributed by atoms with van der Waals surface area (Å²) in [5.41, 5.74) is 1.92. The summed E-state index contributed by atoms with van der Waals surface area (Å²) in [6, 6.07) is 7.93. The highest BCUT2D eigenvalue weighted by molar-refractivity contribution is 7.98. The molecule has 116 valence electrons. The van der Waals surface area contributed by atoms with E-state index in [0.29, 0.717) is 10.9 Å². The molecule has 0 saturated heterocycles. The molecule has 0 spiro atoms. The Morgan fingerprint density at radius 2 is 1.82 bits per heavy atom. The van der Waals surface area contributed by atoms with E-state index in [1.807, 2.05) is 58.2 Å². The van der Waals surface area contributed by atoms with Gasteiger partial charge >= 0.3 is 0 Å². The molecule has 0 bridgehead atoms. The van der Waals surface area contributed by atoms with Crippen molar-refractivity contribution in [2.24, 2.45) is 5.10 Å². The van der Waals surface area contributed by atoms with E-state index < -0.39 is 0 Å². The Morgan fingerprint density at radius 3 is 2.36 bits per heavy atom. The Kier molecular flexibility index (Phi) is 4.81. The molecule has 0 aliphatic rings. The normalized spacial score (nSPS) is 12.0. The van der Waals surface area contributed by atoms with E-state index >= 15 is 0 Å². The first-order valence-corrected chi connectivity index (χ1v) is 8.20. The van der Waals surface area contributed by atoms with E-state index in [0.717, 1.165) is 5.56 Å². The third-order valence-electron chi connectivity index (χ3n) is 3.10. The predicted molar refractivity (Wildman–Crippen MR) is 90.9 cm³/mol. The lowest BCUT2D eigenvalue weighted by atomic mass is 9.93. The number of rotatable bonds is 3. The lowest BCUT2D eigenvalue weighted by molar-refractivity contribution is 0.510. The van der Waals surface area contributed by atoms with Crippen LogP contribution in [0, 0.1) is 6.92 Å². The number of hydrogen-bond acceptors (Lipinski definition) is 5. The zero-order valence-electron chi connectivity index (χ0n) is 13.5. The van der Waals surface area contributed by atoms with E-state index in [1.54, 1.807) is 6.21 Å². The minimum absolute atomic E-state index is 0.227. The first-order valence-electron chi connectivity index (χ1n) is 6.98. The number of aromatic nitrogens is 3. The number of thioether (sulfide) groups is 1. The van der Waals surface area contributed by atoms with E-state index in [4.69, 9.17) is 0 Å². The van der Waals surface area contributed by atoms with Crippen LogP contribution < -0.4 is 5.56 Å². The van der Waals surface area contributed by atoms with Gasteiger partial charge in [0.1, 0.15) is 5.69 Å². The number of benzene rings is 1. The number of nitrogens with zero attached hydrogens (tertiary/aromatic N) is 4. The Bertz CT molecular complexity index is 742. The van der Waals surface area contributed by atoms with Crippen molar-refractivity contribution < 1.29 is 0 Å². The summed E-state index contributed by atoms with van der Waals surface area (Å²) in [7, 11) is 0. The van der Waals surface area contributed by atoms with Gasteiger partial charge in [-0.05, 0) is 18.7 Å². The van der Waals surface area contributed by atoms with Gasteiger partial charge in [0, 0.05) is 5.41 Å². The summed E-state index contributed by atoms with van der Waals surface area (Å²) < 4.78 is 1.32. The first-order chi connectivity index (χ1) is 10.3. The van der Waals surface area contributed by atoms with Crippen LogP contribution in [0.5, 0.6) is 0 Å².